The highest BCUT2D eigenvalue weighted by molar-refractivity contribution is 5.05. The fraction of sp³-hybridized carbons (Fsp3) is 0.636. The normalized spacial score (nSPS) is 13.5. The van der Waals surface area contributed by atoms with Crippen LogP contribution in [0.4, 0.5) is 0 Å². The number of furan rings is 1. The van der Waals surface area contributed by atoms with Gasteiger partial charge < -0.3 is 14.6 Å². The number of likely N-dealkylation sites (N-methyl/N-ethyl adjacent to an activating group) is 1. The highest BCUT2D eigenvalue weighted by atomic mass is 16.3. The van der Waals surface area contributed by atoms with Crippen LogP contribution in [-0.4, -0.2) is 31.6 Å². The van der Waals surface area contributed by atoms with Crippen molar-refractivity contribution in [2.45, 2.75) is 26.4 Å². The van der Waals surface area contributed by atoms with Gasteiger partial charge in [-0.2, -0.15) is 0 Å². The van der Waals surface area contributed by atoms with E-state index in [1.807, 2.05) is 19.1 Å². The maximum atomic E-state index is 5.45. The van der Waals surface area contributed by atoms with E-state index in [1.54, 1.807) is 0 Å². The van der Waals surface area contributed by atoms with Gasteiger partial charge in [-0.3, -0.25) is 0 Å². The third kappa shape index (κ3) is 3.52. The Morgan fingerprint density at radius 1 is 1.43 bits per heavy atom. The number of hydrogen-bond acceptors (Lipinski definition) is 3. The van der Waals surface area contributed by atoms with E-state index in [4.69, 9.17) is 4.42 Å². The maximum absolute atomic E-state index is 5.45. The van der Waals surface area contributed by atoms with Crippen LogP contribution in [0, 0.1) is 6.92 Å². The molecule has 0 amide bonds. The Morgan fingerprint density at radius 2 is 2.14 bits per heavy atom. The van der Waals surface area contributed by atoms with Crippen molar-refractivity contribution in [2.24, 2.45) is 0 Å². The average Bonchev–Trinajstić information content (AvgIpc) is 2.51. The van der Waals surface area contributed by atoms with Gasteiger partial charge in [0, 0.05) is 12.6 Å². The first-order valence-corrected chi connectivity index (χ1v) is 5.02. The van der Waals surface area contributed by atoms with Crippen LogP contribution < -0.4 is 5.32 Å². The number of hydrogen-bond donors (Lipinski definition) is 1. The Bertz CT molecular complexity index is 268. The molecule has 0 radical (unpaired) electrons. The van der Waals surface area contributed by atoms with Crippen molar-refractivity contribution in [3.8, 4) is 0 Å². The maximum Gasteiger partial charge on any atom is 0.117 e. The molecular formula is C11H20N2O. The predicted molar refractivity (Wildman–Crippen MR) is 58.3 cm³/mol. The molecule has 0 bridgehead atoms. The predicted octanol–water partition coefficient (Wildman–Crippen LogP) is 1.63. The molecule has 0 aromatic carbocycles. The second-order valence-electron chi connectivity index (χ2n) is 3.96. The summed E-state index contributed by atoms with van der Waals surface area (Å²) in [7, 11) is 4.17. The zero-order chi connectivity index (χ0) is 10.6. The molecule has 3 heteroatoms. The quantitative estimate of drug-likeness (QED) is 0.776. The second kappa shape index (κ2) is 5.17. The molecule has 1 atom stereocenters. The largest absolute Gasteiger partial charge is 0.465 e. The Hall–Kier alpha value is -0.800. The third-order valence-corrected chi connectivity index (χ3v) is 2.42. The Balaban J connectivity index is 2.22. The minimum atomic E-state index is 0.547. The van der Waals surface area contributed by atoms with Crippen molar-refractivity contribution in [3.05, 3.63) is 23.7 Å². The lowest BCUT2D eigenvalue weighted by Crippen LogP contribution is -2.35. The van der Waals surface area contributed by atoms with E-state index >= 15 is 0 Å². The minimum Gasteiger partial charge on any atom is -0.465 e. The van der Waals surface area contributed by atoms with Crippen LogP contribution in [0.5, 0.6) is 0 Å². The summed E-state index contributed by atoms with van der Waals surface area (Å²) in [5, 5.41) is 3.36. The molecule has 80 valence electrons. The van der Waals surface area contributed by atoms with Crippen LogP contribution in [0.15, 0.2) is 16.5 Å². The summed E-state index contributed by atoms with van der Waals surface area (Å²) in [4.78, 5) is 2.19. The summed E-state index contributed by atoms with van der Waals surface area (Å²) in [6.45, 7) is 5.95. The molecule has 1 N–H and O–H groups in total. The molecule has 14 heavy (non-hydrogen) atoms. The second-order valence-corrected chi connectivity index (χ2v) is 3.96. The van der Waals surface area contributed by atoms with E-state index in [9.17, 15) is 0 Å². The molecule has 0 saturated carbocycles. The van der Waals surface area contributed by atoms with Gasteiger partial charge in [0.1, 0.15) is 11.5 Å². The lowest BCUT2D eigenvalue weighted by Gasteiger charge is -2.19. The summed E-state index contributed by atoms with van der Waals surface area (Å²) in [5.74, 6) is 1.98. The van der Waals surface area contributed by atoms with Crippen LogP contribution in [0.25, 0.3) is 0 Å². The lowest BCUT2D eigenvalue weighted by molar-refractivity contribution is 0.299. The van der Waals surface area contributed by atoms with Crippen LogP contribution >= 0.6 is 0 Å². The van der Waals surface area contributed by atoms with Crippen molar-refractivity contribution < 1.29 is 4.42 Å². The van der Waals surface area contributed by atoms with Crippen LogP contribution in [0.3, 0.4) is 0 Å². The fourth-order valence-electron chi connectivity index (χ4n) is 1.17. The van der Waals surface area contributed by atoms with Crippen molar-refractivity contribution in [3.63, 3.8) is 0 Å². The SMILES string of the molecule is Cc1ccc(CNCC(C)N(C)C)o1. The summed E-state index contributed by atoms with van der Waals surface area (Å²) >= 11 is 0. The third-order valence-electron chi connectivity index (χ3n) is 2.42. The van der Waals surface area contributed by atoms with E-state index in [0.29, 0.717) is 6.04 Å². The van der Waals surface area contributed by atoms with E-state index in [0.717, 1.165) is 24.6 Å². The molecule has 1 aromatic heterocycles. The Kier molecular flexibility index (Phi) is 4.17. The molecule has 1 unspecified atom stereocenters. The van der Waals surface area contributed by atoms with Gasteiger partial charge in [-0.15, -0.1) is 0 Å². The van der Waals surface area contributed by atoms with Crippen LogP contribution in [0.1, 0.15) is 18.4 Å². The molecule has 1 heterocycles. The molecule has 0 fully saturated rings. The van der Waals surface area contributed by atoms with Gasteiger partial charge in [-0.1, -0.05) is 0 Å². The van der Waals surface area contributed by atoms with Crippen LogP contribution in [0.2, 0.25) is 0 Å². The van der Waals surface area contributed by atoms with Crippen molar-refractivity contribution in [1.29, 1.82) is 0 Å². The van der Waals surface area contributed by atoms with E-state index in [-0.39, 0.29) is 0 Å². The van der Waals surface area contributed by atoms with Crippen molar-refractivity contribution in [1.82, 2.24) is 10.2 Å². The molecule has 3 nitrogen and oxygen atoms in total. The van der Waals surface area contributed by atoms with E-state index in [2.05, 4.69) is 31.2 Å². The lowest BCUT2D eigenvalue weighted by atomic mass is 10.3. The zero-order valence-corrected chi connectivity index (χ0v) is 9.50. The Labute approximate surface area is 86.1 Å². The van der Waals surface area contributed by atoms with Crippen molar-refractivity contribution >= 4 is 0 Å². The van der Waals surface area contributed by atoms with Gasteiger partial charge in [-0.05, 0) is 40.1 Å². The van der Waals surface area contributed by atoms with E-state index in [1.165, 1.54) is 0 Å². The van der Waals surface area contributed by atoms with Gasteiger partial charge in [0.15, 0.2) is 0 Å². The van der Waals surface area contributed by atoms with Gasteiger partial charge in [0.25, 0.3) is 0 Å². The number of nitrogens with one attached hydrogen (secondary N) is 1. The van der Waals surface area contributed by atoms with Gasteiger partial charge in [0.2, 0.25) is 0 Å². The summed E-state index contributed by atoms with van der Waals surface area (Å²) in [6, 6.07) is 4.56. The molecule has 0 aliphatic heterocycles. The first-order chi connectivity index (χ1) is 6.59. The first-order valence-electron chi connectivity index (χ1n) is 5.02. The smallest absolute Gasteiger partial charge is 0.117 e. The summed E-state index contributed by atoms with van der Waals surface area (Å²) in [5.41, 5.74) is 0. The minimum absolute atomic E-state index is 0.547. The molecule has 1 aromatic rings. The Morgan fingerprint density at radius 3 is 2.64 bits per heavy atom. The number of aryl methyl sites for hydroxylation is 1. The summed E-state index contributed by atoms with van der Waals surface area (Å²) < 4.78 is 5.45. The molecule has 0 aliphatic rings. The first kappa shape index (κ1) is 11.3. The van der Waals surface area contributed by atoms with Crippen molar-refractivity contribution in [2.75, 3.05) is 20.6 Å². The molecule has 0 aliphatic carbocycles. The van der Waals surface area contributed by atoms with Gasteiger partial charge in [-0.25, -0.2) is 0 Å². The number of rotatable bonds is 5. The highest BCUT2D eigenvalue weighted by Crippen LogP contribution is 2.05. The van der Waals surface area contributed by atoms with Gasteiger partial charge >= 0.3 is 0 Å². The molecule has 1 rings (SSSR count). The molecule has 0 spiro atoms. The van der Waals surface area contributed by atoms with Gasteiger partial charge in [0.05, 0.1) is 6.54 Å². The summed E-state index contributed by atoms with van der Waals surface area (Å²) in [6.07, 6.45) is 0. The fourth-order valence-corrected chi connectivity index (χ4v) is 1.17. The number of nitrogens with zero attached hydrogens (tertiary/aromatic N) is 1. The van der Waals surface area contributed by atoms with E-state index < -0.39 is 0 Å². The molecule has 0 saturated heterocycles. The zero-order valence-electron chi connectivity index (χ0n) is 9.50. The highest BCUT2D eigenvalue weighted by Gasteiger charge is 2.04. The molecular weight excluding hydrogens is 176 g/mol. The standard InChI is InChI=1S/C11H20N2O/c1-9(13(3)4)7-12-8-11-6-5-10(2)14-11/h5-6,9,12H,7-8H2,1-4H3. The topological polar surface area (TPSA) is 28.4 Å². The average molecular weight is 196 g/mol. The van der Waals surface area contributed by atoms with Crippen LogP contribution in [-0.2, 0) is 6.54 Å². The monoisotopic (exact) mass is 196 g/mol.